The third kappa shape index (κ3) is 4.61. The van der Waals surface area contributed by atoms with Crippen LogP contribution in [-0.4, -0.2) is 13.0 Å². The molecule has 0 aliphatic heterocycles. The zero-order valence-electron chi connectivity index (χ0n) is 12.8. The van der Waals surface area contributed by atoms with Crippen LogP contribution in [0.5, 0.6) is 0 Å². The van der Waals surface area contributed by atoms with Crippen LogP contribution in [-0.2, 0) is 23.0 Å². The standard InChI is InChI=1S/C16H20O3S.K/c1-3-6-12-8-5-9-13-10-14(7-4-2)16(11-15(12)13)20(17,18)19;/h5,8-11H,3-4,6-7H2,1-2H3,(H,17,18,19);/q;+1/p-1. The summed E-state index contributed by atoms with van der Waals surface area (Å²) >= 11 is 0. The molecule has 2 aromatic carbocycles. The largest absolute Gasteiger partial charge is 1.00 e. The minimum atomic E-state index is -4.43. The van der Waals surface area contributed by atoms with Crippen LogP contribution in [0.15, 0.2) is 35.2 Å². The monoisotopic (exact) mass is 330 g/mol. The summed E-state index contributed by atoms with van der Waals surface area (Å²) in [4.78, 5) is -0.0598. The van der Waals surface area contributed by atoms with Crippen molar-refractivity contribution in [2.24, 2.45) is 0 Å². The van der Waals surface area contributed by atoms with E-state index in [4.69, 9.17) is 0 Å². The van der Waals surface area contributed by atoms with E-state index in [-0.39, 0.29) is 56.3 Å². The van der Waals surface area contributed by atoms with Gasteiger partial charge in [0.15, 0.2) is 0 Å². The van der Waals surface area contributed by atoms with Gasteiger partial charge in [-0.05, 0) is 46.9 Å². The number of aryl methyl sites for hydroxylation is 2. The molecule has 0 fully saturated rings. The van der Waals surface area contributed by atoms with Crippen LogP contribution < -0.4 is 51.4 Å². The topological polar surface area (TPSA) is 57.2 Å². The summed E-state index contributed by atoms with van der Waals surface area (Å²) in [5.41, 5.74) is 1.72. The third-order valence-corrected chi connectivity index (χ3v) is 4.38. The molecule has 3 nitrogen and oxygen atoms in total. The van der Waals surface area contributed by atoms with Crippen molar-refractivity contribution in [1.29, 1.82) is 0 Å². The molecule has 0 saturated carbocycles. The summed E-state index contributed by atoms with van der Waals surface area (Å²) < 4.78 is 34.5. The summed E-state index contributed by atoms with van der Waals surface area (Å²) in [6.07, 6.45) is 3.27. The Bertz CT molecular complexity index is 724. The van der Waals surface area contributed by atoms with Crippen molar-refractivity contribution in [1.82, 2.24) is 0 Å². The fourth-order valence-corrected chi connectivity index (χ4v) is 3.35. The molecular weight excluding hydrogens is 311 g/mol. The van der Waals surface area contributed by atoms with Crippen molar-refractivity contribution in [2.45, 2.75) is 44.4 Å². The summed E-state index contributed by atoms with van der Waals surface area (Å²) in [5.74, 6) is 0. The molecule has 21 heavy (non-hydrogen) atoms. The second-order valence-corrected chi connectivity index (χ2v) is 6.40. The number of hydrogen-bond acceptors (Lipinski definition) is 3. The average Bonchev–Trinajstić information content (AvgIpc) is 2.38. The molecule has 0 atom stereocenters. The van der Waals surface area contributed by atoms with E-state index in [2.05, 4.69) is 6.92 Å². The minimum Gasteiger partial charge on any atom is -0.744 e. The van der Waals surface area contributed by atoms with Crippen molar-refractivity contribution >= 4 is 20.9 Å². The Balaban J connectivity index is 0.00000220. The van der Waals surface area contributed by atoms with Gasteiger partial charge in [0.2, 0.25) is 0 Å². The van der Waals surface area contributed by atoms with Gasteiger partial charge in [0.25, 0.3) is 0 Å². The minimum absolute atomic E-state index is 0. The second kappa shape index (κ2) is 8.20. The van der Waals surface area contributed by atoms with E-state index in [0.717, 1.165) is 35.6 Å². The fourth-order valence-electron chi connectivity index (χ4n) is 2.60. The van der Waals surface area contributed by atoms with E-state index in [9.17, 15) is 13.0 Å². The normalized spacial score (nSPS) is 11.4. The Morgan fingerprint density at radius 2 is 1.62 bits per heavy atom. The fraction of sp³-hybridized carbons (Fsp3) is 0.375. The molecular formula is C16H19KO3S. The molecule has 0 unspecified atom stereocenters. The van der Waals surface area contributed by atoms with Crippen molar-refractivity contribution in [3.05, 3.63) is 41.5 Å². The van der Waals surface area contributed by atoms with E-state index < -0.39 is 10.1 Å². The quantitative estimate of drug-likeness (QED) is 0.597. The maximum Gasteiger partial charge on any atom is 1.00 e. The summed E-state index contributed by atoms with van der Waals surface area (Å²) in [7, 11) is -4.43. The van der Waals surface area contributed by atoms with E-state index in [0.29, 0.717) is 12.0 Å². The maximum atomic E-state index is 11.5. The molecule has 108 valence electrons. The van der Waals surface area contributed by atoms with Gasteiger partial charge in [-0.25, -0.2) is 8.42 Å². The summed E-state index contributed by atoms with van der Waals surface area (Å²) in [5, 5.41) is 1.88. The number of rotatable bonds is 5. The van der Waals surface area contributed by atoms with Crippen LogP contribution in [0.3, 0.4) is 0 Å². The Labute approximate surface area is 169 Å². The molecule has 2 aromatic rings. The Morgan fingerprint density at radius 3 is 2.19 bits per heavy atom. The first-order valence-corrected chi connectivity index (χ1v) is 8.38. The molecule has 0 radical (unpaired) electrons. The van der Waals surface area contributed by atoms with Gasteiger partial charge in [0.05, 0.1) is 4.90 Å². The molecule has 0 aromatic heterocycles. The van der Waals surface area contributed by atoms with Crippen LogP contribution in [0.2, 0.25) is 0 Å². The van der Waals surface area contributed by atoms with Gasteiger partial charge in [0, 0.05) is 0 Å². The van der Waals surface area contributed by atoms with Gasteiger partial charge in [0.1, 0.15) is 10.1 Å². The molecule has 0 heterocycles. The average molecular weight is 330 g/mol. The number of benzene rings is 2. The second-order valence-electron chi connectivity index (χ2n) is 5.05. The van der Waals surface area contributed by atoms with Gasteiger partial charge in [-0.15, -0.1) is 0 Å². The van der Waals surface area contributed by atoms with Crippen LogP contribution in [0.25, 0.3) is 10.8 Å². The molecule has 0 aliphatic carbocycles. The van der Waals surface area contributed by atoms with E-state index in [1.807, 2.05) is 31.2 Å². The molecule has 0 spiro atoms. The van der Waals surface area contributed by atoms with Crippen molar-refractivity contribution in [3.63, 3.8) is 0 Å². The molecule has 0 N–H and O–H groups in total. The first-order valence-electron chi connectivity index (χ1n) is 6.97. The number of hydrogen-bond donors (Lipinski definition) is 0. The van der Waals surface area contributed by atoms with Gasteiger partial charge in [-0.2, -0.15) is 0 Å². The summed E-state index contributed by atoms with van der Waals surface area (Å²) in [6, 6.07) is 9.35. The van der Waals surface area contributed by atoms with E-state index in [1.54, 1.807) is 6.07 Å². The Hall–Kier alpha value is 0.246. The van der Waals surface area contributed by atoms with E-state index in [1.165, 1.54) is 0 Å². The van der Waals surface area contributed by atoms with Crippen LogP contribution >= 0.6 is 0 Å². The van der Waals surface area contributed by atoms with Crippen molar-refractivity contribution < 1.29 is 64.4 Å². The SMILES string of the molecule is CCCc1cc2cccc(CCC)c2cc1S(=O)(=O)[O-].[K+]. The van der Waals surface area contributed by atoms with Gasteiger partial charge < -0.3 is 4.55 Å². The molecule has 2 rings (SSSR count). The van der Waals surface area contributed by atoms with Gasteiger partial charge in [-0.1, -0.05) is 44.9 Å². The van der Waals surface area contributed by atoms with Gasteiger partial charge >= 0.3 is 51.4 Å². The zero-order valence-corrected chi connectivity index (χ0v) is 16.8. The molecule has 0 aliphatic rings. The maximum absolute atomic E-state index is 11.5. The van der Waals surface area contributed by atoms with Crippen LogP contribution in [0.4, 0.5) is 0 Å². The third-order valence-electron chi connectivity index (χ3n) is 3.46. The van der Waals surface area contributed by atoms with Crippen molar-refractivity contribution in [2.75, 3.05) is 0 Å². The Kier molecular flexibility index (Phi) is 7.53. The first-order chi connectivity index (χ1) is 9.47. The predicted octanol–water partition coefficient (Wildman–Crippen LogP) is 0.653. The molecule has 0 saturated heterocycles. The van der Waals surface area contributed by atoms with Crippen molar-refractivity contribution in [3.8, 4) is 0 Å². The predicted molar refractivity (Wildman–Crippen MR) is 79.9 cm³/mol. The van der Waals surface area contributed by atoms with E-state index >= 15 is 0 Å². The van der Waals surface area contributed by atoms with Crippen LogP contribution in [0.1, 0.15) is 37.8 Å². The summed E-state index contributed by atoms with van der Waals surface area (Å²) in [6.45, 7) is 4.05. The van der Waals surface area contributed by atoms with Gasteiger partial charge in [-0.3, -0.25) is 0 Å². The first kappa shape index (κ1) is 19.3. The van der Waals surface area contributed by atoms with Crippen LogP contribution in [0, 0.1) is 0 Å². The molecule has 0 bridgehead atoms. The molecule has 5 heteroatoms. The number of fused-ring (bicyclic) bond motifs is 1. The smallest absolute Gasteiger partial charge is 0.744 e. The zero-order chi connectivity index (χ0) is 14.8. The molecule has 0 amide bonds. The Morgan fingerprint density at radius 1 is 1.00 bits per heavy atom.